The van der Waals surface area contributed by atoms with Gasteiger partial charge in [0.1, 0.15) is 11.5 Å². The van der Waals surface area contributed by atoms with Gasteiger partial charge in [0, 0.05) is 11.6 Å². The van der Waals surface area contributed by atoms with Crippen LogP contribution in [-0.2, 0) is 6.42 Å². The molecule has 2 aromatic carbocycles. The molecule has 0 fully saturated rings. The van der Waals surface area contributed by atoms with Gasteiger partial charge in [-0.2, -0.15) is 0 Å². The normalized spacial score (nSPS) is 10.3. The van der Waals surface area contributed by atoms with Crippen molar-refractivity contribution in [1.82, 2.24) is 0 Å². The van der Waals surface area contributed by atoms with E-state index in [9.17, 15) is 0 Å². The average molecular weight is 264 g/mol. The van der Waals surface area contributed by atoms with Crippen LogP contribution in [0.2, 0.25) is 5.02 Å². The van der Waals surface area contributed by atoms with Gasteiger partial charge in [-0.25, -0.2) is 0 Å². The predicted molar refractivity (Wildman–Crippen MR) is 73.2 cm³/mol. The Hall–Kier alpha value is -1.71. The highest BCUT2D eigenvalue weighted by molar-refractivity contribution is 6.30. The van der Waals surface area contributed by atoms with Crippen molar-refractivity contribution in [2.24, 2.45) is 0 Å². The molecule has 3 nitrogen and oxygen atoms in total. The summed E-state index contributed by atoms with van der Waals surface area (Å²) in [5.41, 5.74) is 7.37. The van der Waals surface area contributed by atoms with E-state index in [4.69, 9.17) is 27.2 Å². The molecule has 0 unspecified atom stereocenters. The lowest BCUT2D eigenvalue weighted by Crippen LogP contribution is -1.93. The van der Waals surface area contributed by atoms with Gasteiger partial charge in [-0.15, -0.1) is 0 Å². The van der Waals surface area contributed by atoms with E-state index in [2.05, 4.69) is 0 Å². The highest BCUT2D eigenvalue weighted by atomic mass is 35.5. The summed E-state index contributed by atoms with van der Waals surface area (Å²) in [7, 11) is 0. The van der Waals surface area contributed by atoms with Crippen molar-refractivity contribution in [1.29, 1.82) is 0 Å². The summed E-state index contributed by atoms with van der Waals surface area (Å²) in [6.45, 7) is 0.143. The van der Waals surface area contributed by atoms with Crippen molar-refractivity contribution in [3.8, 4) is 11.5 Å². The minimum atomic E-state index is 0.143. The average Bonchev–Trinajstić information content (AvgIpc) is 2.35. The number of rotatable bonds is 4. The van der Waals surface area contributed by atoms with Crippen molar-refractivity contribution in [2.75, 3.05) is 12.3 Å². The van der Waals surface area contributed by atoms with Gasteiger partial charge in [0.05, 0.1) is 5.69 Å². The molecule has 94 valence electrons. The largest absolute Gasteiger partial charge is 0.455 e. The smallest absolute Gasteiger partial charge is 0.150 e. The van der Waals surface area contributed by atoms with Gasteiger partial charge in [-0.3, -0.25) is 0 Å². The fourth-order valence-electron chi connectivity index (χ4n) is 1.59. The number of aliphatic hydroxyl groups is 1. The molecule has 0 aromatic heterocycles. The molecule has 0 radical (unpaired) electrons. The number of hydrogen-bond donors (Lipinski definition) is 2. The molecule has 18 heavy (non-hydrogen) atoms. The van der Waals surface area contributed by atoms with Gasteiger partial charge in [0.25, 0.3) is 0 Å². The first-order chi connectivity index (χ1) is 8.69. The van der Waals surface area contributed by atoms with Crippen LogP contribution in [0.1, 0.15) is 5.56 Å². The molecule has 0 saturated carbocycles. The minimum absolute atomic E-state index is 0.143. The molecule has 3 N–H and O–H groups in total. The number of nitrogens with two attached hydrogens (primary N) is 1. The Kier molecular flexibility index (Phi) is 4.07. The second-order valence-electron chi connectivity index (χ2n) is 3.90. The fraction of sp³-hybridized carbons (Fsp3) is 0.143. The fourth-order valence-corrected chi connectivity index (χ4v) is 1.77. The van der Waals surface area contributed by atoms with Crippen LogP contribution in [0.25, 0.3) is 0 Å². The Morgan fingerprint density at radius 2 is 1.83 bits per heavy atom. The van der Waals surface area contributed by atoms with Crippen LogP contribution >= 0.6 is 11.6 Å². The zero-order valence-electron chi connectivity index (χ0n) is 9.77. The maximum Gasteiger partial charge on any atom is 0.150 e. The molecule has 0 saturated heterocycles. The maximum atomic E-state index is 8.83. The molecule has 0 aliphatic rings. The molecule has 0 bridgehead atoms. The van der Waals surface area contributed by atoms with Gasteiger partial charge < -0.3 is 15.6 Å². The van der Waals surface area contributed by atoms with Crippen molar-refractivity contribution < 1.29 is 9.84 Å². The highest BCUT2D eigenvalue weighted by Gasteiger charge is 2.03. The van der Waals surface area contributed by atoms with Gasteiger partial charge in [0.2, 0.25) is 0 Å². The first-order valence-corrected chi connectivity index (χ1v) is 5.99. The topological polar surface area (TPSA) is 55.5 Å². The Morgan fingerprint density at radius 3 is 2.44 bits per heavy atom. The lowest BCUT2D eigenvalue weighted by atomic mass is 10.1. The third-order valence-electron chi connectivity index (χ3n) is 2.52. The van der Waals surface area contributed by atoms with Crippen LogP contribution in [0.4, 0.5) is 5.69 Å². The molecule has 0 aliphatic carbocycles. The van der Waals surface area contributed by atoms with E-state index in [1.807, 2.05) is 24.3 Å². The van der Waals surface area contributed by atoms with Crippen LogP contribution in [-0.4, -0.2) is 11.7 Å². The Morgan fingerprint density at radius 1 is 1.11 bits per heavy atom. The van der Waals surface area contributed by atoms with E-state index in [1.54, 1.807) is 18.2 Å². The summed E-state index contributed by atoms with van der Waals surface area (Å²) in [5, 5.41) is 9.41. The summed E-state index contributed by atoms with van der Waals surface area (Å²) < 4.78 is 5.65. The lowest BCUT2D eigenvalue weighted by molar-refractivity contribution is 0.299. The molecule has 0 aliphatic heterocycles. The third kappa shape index (κ3) is 3.15. The molecule has 0 atom stereocenters. The van der Waals surface area contributed by atoms with Gasteiger partial charge in [-0.05, 0) is 42.3 Å². The number of nitrogen functional groups attached to an aromatic ring is 1. The molecule has 4 heteroatoms. The molecular formula is C14H14ClNO2. The lowest BCUT2D eigenvalue weighted by Gasteiger charge is -2.09. The Balaban J connectivity index is 2.13. The summed E-state index contributed by atoms with van der Waals surface area (Å²) in [4.78, 5) is 0. The third-order valence-corrected chi connectivity index (χ3v) is 2.76. The SMILES string of the molecule is Nc1cc(Cl)ccc1Oc1ccc(CCO)cc1. The van der Waals surface area contributed by atoms with Crippen molar-refractivity contribution in [3.05, 3.63) is 53.1 Å². The molecule has 2 rings (SSSR count). The molecule has 2 aromatic rings. The Bertz CT molecular complexity index is 526. The van der Waals surface area contributed by atoms with Crippen LogP contribution in [0.5, 0.6) is 11.5 Å². The molecule has 0 amide bonds. The molecule has 0 spiro atoms. The summed E-state index contributed by atoms with van der Waals surface area (Å²) in [5.74, 6) is 1.28. The van der Waals surface area contributed by atoms with Gasteiger partial charge >= 0.3 is 0 Å². The number of hydrogen-bond acceptors (Lipinski definition) is 3. The number of ether oxygens (including phenoxy) is 1. The van der Waals surface area contributed by atoms with Crippen LogP contribution < -0.4 is 10.5 Å². The molecular weight excluding hydrogens is 250 g/mol. The van der Waals surface area contributed by atoms with E-state index < -0.39 is 0 Å². The number of aliphatic hydroxyl groups excluding tert-OH is 1. The quantitative estimate of drug-likeness (QED) is 0.833. The molecule has 0 heterocycles. The second-order valence-corrected chi connectivity index (χ2v) is 4.34. The zero-order chi connectivity index (χ0) is 13.0. The van der Waals surface area contributed by atoms with E-state index in [0.717, 1.165) is 5.56 Å². The second kappa shape index (κ2) is 5.76. The van der Waals surface area contributed by atoms with Crippen molar-refractivity contribution in [2.45, 2.75) is 6.42 Å². The first kappa shape index (κ1) is 12.7. The van der Waals surface area contributed by atoms with E-state index >= 15 is 0 Å². The highest BCUT2D eigenvalue weighted by Crippen LogP contribution is 2.29. The van der Waals surface area contributed by atoms with E-state index in [0.29, 0.717) is 28.6 Å². The predicted octanol–water partition coefficient (Wildman–Crippen LogP) is 3.25. The van der Waals surface area contributed by atoms with Crippen molar-refractivity contribution >= 4 is 17.3 Å². The number of halogens is 1. The number of benzene rings is 2. The van der Waals surface area contributed by atoms with Crippen LogP contribution in [0.15, 0.2) is 42.5 Å². The van der Waals surface area contributed by atoms with E-state index in [1.165, 1.54) is 0 Å². The summed E-state index contributed by atoms with van der Waals surface area (Å²) in [6, 6.07) is 12.6. The maximum absolute atomic E-state index is 8.83. The van der Waals surface area contributed by atoms with Gasteiger partial charge in [0.15, 0.2) is 0 Å². The zero-order valence-corrected chi connectivity index (χ0v) is 10.5. The minimum Gasteiger partial charge on any atom is -0.455 e. The monoisotopic (exact) mass is 263 g/mol. The summed E-state index contributed by atoms with van der Waals surface area (Å²) >= 11 is 5.82. The van der Waals surface area contributed by atoms with E-state index in [-0.39, 0.29) is 6.61 Å². The summed E-state index contributed by atoms with van der Waals surface area (Å²) in [6.07, 6.45) is 0.642. The van der Waals surface area contributed by atoms with Crippen LogP contribution in [0, 0.1) is 0 Å². The van der Waals surface area contributed by atoms with Gasteiger partial charge in [-0.1, -0.05) is 23.7 Å². The standard InChI is InChI=1S/C14H14ClNO2/c15-11-3-6-14(13(16)9-11)18-12-4-1-10(2-5-12)7-8-17/h1-6,9,17H,7-8,16H2. The Labute approximate surface area is 111 Å². The number of anilines is 1. The first-order valence-electron chi connectivity index (χ1n) is 5.62. The van der Waals surface area contributed by atoms with Crippen molar-refractivity contribution in [3.63, 3.8) is 0 Å². The van der Waals surface area contributed by atoms with Crippen LogP contribution in [0.3, 0.4) is 0 Å².